The monoisotopic (exact) mass is 1780 g/mol. The Bertz CT molecular complexity index is 5760. The molecule has 4 aliphatic carbocycles. The third-order valence-corrected chi connectivity index (χ3v) is 25.6. The number of ether oxygens (including phenoxy) is 4. The number of alkyl halides is 4. The first-order valence-corrected chi connectivity index (χ1v) is 43.8. The molecule has 0 bridgehead atoms. The van der Waals surface area contributed by atoms with Crippen LogP contribution in [-0.2, 0) is 66.5 Å². The maximum Gasteiger partial charge on any atom is 0.394 e. The van der Waals surface area contributed by atoms with Crippen LogP contribution in [0.4, 0.5) is 17.6 Å². The summed E-state index contributed by atoms with van der Waals surface area (Å²) < 4.78 is 94.7. The average Bonchev–Trinajstić information content (AvgIpc) is 1.60. The second kappa shape index (κ2) is 36.5. The number of rotatable bonds is 24. The van der Waals surface area contributed by atoms with Gasteiger partial charge in [-0.2, -0.15) is 37.5 Å². The second-order valence-corrected chi connectivity index (χ2v) is 35.3. The number of halogens is 4. The highest BCUT2D eigenvalue weighted by Gasteiger charge is 2.53. The predicted octanol–water partition coefficient (Wildman–Crippen LogP) is 14.8. The number of aromatic nitrogens is 8. The predicted molar refractivity (Wildman–Crippen MR) is 468 cm³/mol. The third kappa shape index (κ3) is 18.4. The fourth-order valence-corrected chi connectivity index (χ4v) is 20.0. The molecular weight excluding hydrogens is 1680 g/mol. The van der Waals surface area contributed by atoms with Crippen LogP contribution in [0.2, 0.25) is 0 Å². The highest BCUT2D eigenvalue weighted by molar-refractivity contribution is 5.86. The molecule has 8 aromatic carbocycles. The van der Waals surface area contributed by atoms with Crippen molar-refractivity contribution in [2.45, 2.75) is 165 Å². The number of carbonyl (C=O) groups excluding carboxylic acids is 4. The van der Waals surface area contributed by atoms with Gasteiger partial charge in [0.2, 0.25) is 46.9 Å². The summed E-state index contributed by atoms with van der Waals surface area (Å²) in [6.07, 6.45) is 2.43. The standard InChI is InChI=1S/2C25H27N3O4.2C24H23F2N3O4/c2*1-16(2)31-18-8-6-17(7-9-18)24-26-23(27-32-24)20-4-3-5-21-19(20)10-11-25(21)14-22(30)28(15-25)12-13-29;2*1-23(25,26)32-16-7-5-15(6-8-16)22-27-21(28-33-22)18-3-2-4-19-17(18)9-10-24(19)13-20(31)29(14-24)11-12-30/h2*3-9,16,29H,10-15H2,1-2H3;2*2-8,30H,9-14H2,1H3/t2*25-;2*24-/m1010/s1. The van der Waals surface area contributed by atoms with Crippen molar-refractivity contribution in [3.63, 3.8) is 0 Å². The number of likely N-dealkylation sites (tertiary alicyclic amines) is 4. The van der Waals surface area contributed by atoms with E-state index in [1.807, 2.05) is 125 Å². The molecule has 8 heterocycles. The molecule has 4 atom stereocenters. The molecule has 4 N–H and O–H groups in total. The van der Waals surface area contributed by atoms with Crippen LogP contribution in [0.3, 0.4) is 0 Å². The number of aliphatic hydroxyl groups excluding tert-OH is 4. The number of fused-ring (bicyclic) bond motifs is 8. The summed E-state index contributed by atoms with van der Waals surface area (Å²) in [4.78, 5) is 75.4. The summed E-state index contributed by atoms with van der Waals surface area (Å²) in [5.41, 5.74) is 14.9. The van der Waals surface area contributed by atoms with E-state index in [1.54, 1.807) is 43.9 Å². The molecule has 8 aliphatic rings. The molecule has 0 radical (unpaired) electrons. The van der Waals surface area contributed by atoms with Gasteiger partial charge >= 0.3 is 12.2 Å². The zero-order valence-electron chi connectivity index (χ0n) is 72.9. The number of carbonyl (C=O) groups is 4. The number of hydrogen-bond acceptors (Lipinski definition) is 24. The zero-order chi connectivity index (χ0) is 91.0. The summed E-state index contributed by atoms with van der Waals surface area (Å²) in [7, 11) is 0. The SMILES string of the molecule is CC(C)Oc1ccc(-c2nc(-c3cccc4c3CC[C@@]43CC(=O)N(CCO)C3)no2)cc1.CC(C)Oc1ccc(-c2nc(-c3cccc4c3CC[C@]43CC(=O)N(CCO)C3)no2)cc1.CC(F)(F)Oc1ccc(-c2nc(-c3cccc4c3CC[C@@]43CC(=O)N(CCO)C3)no2)cc1.CC(F)(F)Oc1ccc(-c2nc(-c3cccc4c3CC[C@]43CC(=O)N(CCO)C3)no2)cc1. The van der Waals surface area contributed by atoms with Crippen LogP contribution in [0.5, 0.6) is 23.0 Å². The van der Waals surface area contributed by atoms with Gasteiger partial charge in [0.1, 0.15) is 23.0 Å². The Kier molecular flexibility index (Phi) is 25.0. The lowest BCUT2D eigenvalue weighted by atomic mass is 9.80. The van der Waals surface area contributed by atoms with Crippen LogP contribution in [0.25, 0.3) is 91.4 Å². The first kappa shape index (κ1) is 89.0. The van der Waals surface area contributed by atoms with Gasteiger partial charge in [-0.15, -0.1) is 0 Å². The van der Waals surface area contributed by atoms with Crippen LogP contribution in [0.1, 0.15) is 137 Å². The van der Waals surface area contributed by atoms with Crippen molar-refractivity contribution in [3.8, 4) is 114 Å². The topological polar surface area (TPSA) is 355 Å². The Morgan fingerprint density at radius 3 is 0.777 bits per heavy atom. The molecule has 4 amide bonds. The molecule has 12 aromatic rings. The number of benzene rings is 8. The summed E-state index contributed by atoms with van der Waals surface area (Å²) in [6, 6.07) is 51.5. The van der Waals surface area contributed by atoms with Gasteiger partial charge in [0.15, 0.2) is 0 Å². The quantitative estimate of drug-likeness (QED) is 0.0408. The highest BCUT2D eigenvalue weighted by atomic mass is 19.3. The maximum absolute atomic E-state index is 13.0. The zero-order valence-corrected chi connectivity index (χ0v) is 72.9. The minimum Gasteiger partial charge on any atom is -0.491 e. The molecule has 130 heavy (non-hydrogen) atoms. The first-order valence-electron chi connectivity index (χ1n) is 43.8. The average molecular weight is 1780 g/mol. The van der Waals surface area contributed by atoms with Crippen molar-refractivity contribution in [2.24, 2.45) is 0 Å². The number of nitrogens with zero attached hydrogens (tertiary/aromatic N) is 12. The lowest BCUT2D eigenvalue weighted by molar-refractivity contribution is -0.159. The van der Waals surface area contributed by atoms with E-state index < -0.39 is 12.2 Å². The van der Waals surface area contributed by atoms with Crippen LogP contribution in [0.15, 0.2) is 188 Å². The van der Waals surface area contributed by atoms with Gasteiger partial charge in [-0.05, 0) is 221 Å². The van der Waals surface area contributed by atoms with E-state index >= 15 is 0 Å². The normalized spacial score (nSPS) is 19.9. The lowest BCUT2D eigenvalue weighted by Gasteiger charge is -2.24. The van der Waals surface area contributed by atoms with Crippen molar-refractivity contribution in [1.29, 1.82) is 0 Å². The molecule has 4 spiro atoms. The lowest BCUT2D eigenvalue weighted by Crippen LogP contribution is -2.32. The summed E-state index contributed by atoms with van der Waals surface area (Å²) in [5.74, 6) is 5.53. The number of β-amino-alcohol motifs (C(OH)–C–C–N with tert-alkyl or cyclic N) is 4. The van der Waals surface area contributed by atoms with Crippen LogP contribution < -0.4 is 18.9 Å². The fourth-order valence-electron chi connectivity index (χ4n) is 20.0. The molecule has 4 aromatic heterocycles. The van der Waals surface area contributed by atoms with Crippen molar-refractivity contribution < 1.29 is 94.2 Å². The number of hydrogen-bond donors (Lipinski definition) is 4. The molecule has 0 unspecified atom stereocenters. The van der Waals surface area contributed by atoms with E-state index in [-0.39, 0.29) is 107 Å². The van der Waals surface area contributed by atoms with E-state index in [1.165, 1.54) is 46.5 Å². The molecule has 28 nitrogen and oxygen atoms in total. The first-order chi connectivity index (χ1) is 62.5. The molecule has 4 saturated heterocycles. The van der Waals surface area contributed by atoms with Gasteiger partial charge in [-0.1, -0.05) is 93.4 Å². The van der Waals surface area contributed by atoms with Gasteiger partial charge in [-0.25, -0.2) is 0 Å². The fraction of sp³-hybridized carbons (Fsp3) is 0.388. The van der Waals surface area contributed by atoms with Gasteiger partial charge in [0.25, 0.3) is 23.6 Å². The van der Waals surface area contributed by atoms with Gasteiger partial charge in [-0.3, -0.25) is 19.2 Å². The van der Waals surface area contributed by atoms with E-state index in [4.69, 9.17) is 27.6 Å². The van der Waals surface area contributed by atoms with Crippen molar-refractivity contribution in [1.82, 2.24) is 60.2 Å². The van der Waals surface area contributed by atoms with E-state index in [9.17, 15) is 57.2 Å². The van der Waals surface area contributed by atoms with Gasteiger partial charge in [0, 0.05) is 158 Å². The van der Waals surface area contributed by atoms with E-state index in [2.05, 4.69) is 74.3 Å². The number of aliphatic hydroxyl groups is 4. The summed E-state index contributed by atoms with van der Waals surface area (Å²) in [6.45, 7) is 13.2. The second-order valence-electron chi connectivity index (χ2n) is 35.3. The van der Waals surface area contributed by atoms with Crippen LogP contribution in [-0.4, -0.2) is 207 Å². The highest BCUT2D eigenvalue weighted by Crippen LogP contribution is 2.53. The number of amides is 4. The molecule has 32 heteroatoms. The van der Waals surface area contributed by atoms with Crippen molar-refractivity contribution in [2.75, 3.05) is 78.8 Å². The molecule has 0 saturated carbocycles. The minimum absolute atomic E-state index is 0.00900. The third-order valence-electron chi connectivity index (χ3n) is 25.6. The van der Waals surface area contributed by atoms with Crippen LogP contribution in [0, 0.1) is 0 Å². The molecule has 4 fully saturated rings. The van der Waals surface area contributed by atoms with E-state index in [0.717, 1.165) is 119 Å². The summed E-state index contributed by atoms with van der Waals surface area (Å²) >= 11 is 0. The largest absolute Gasteiger partial charge is 0.491 e. The van der Waals surface area contributed by atoms with Crippen LogP contribution >= 0.6 is 0 Å². The van der Waals surface area contributed by atoms with E-state index in [0.29, 0.717) is 138 Å². The van der Waals surface area contributed by atoms with Crippen molar-refractivity contribution in [3.05, 3.63) is 214 Å². The molecule has 4 aliphatic heterocycles. The Hall–Kier alpha value is -13.0. The minimum atomic E-state index is -3.26. The molecular formula is C98H100F4N12O16. The Morgan fingerprint density at radius 1 is 0.346 bits per heavy atom. The van der Waals surface area contributed by atoms with Gasteiger partial charge in [0.05, 0.1) is 38.6 Å². The maximum atomic E-state index is 13.0. The Labute approximate surface area is 746 Å². The van der Waals surface area contributed by atoms with Gasteiger partial charge < -0.3 is 77.1 Å². The smallest absolute Gasteiger partial charge is 0.394 e. The Balaban J connectivity index is 0.000000121. The summed E-state index contributed by atoms with van der Waals surface area (Å²) in [5, 5.41) is 53.9. The van der Waals surface area contributed by atoms with Crippen molar-refractivity contribution >= 4 is 23.6 Å². The molecule has 676 valence electrons. The Morgan fingerprint density at radius 2 is 0.569 bits per heavy atom. The molecule has 20 rings (SSSR count).